The van der Waals surface area contributed by atoms with Gasteiger partial charge in [-0.3, -0.25) is 0 Å². The van der Waals surface area contributed by atoms with Gasteiger partial charge in [-0.15, -0.1) is 0 Å². The maximum absolute atomic E-state index is 9.86. The number of aliphatic hydroxyl groups is 1. The third kappa shape index (κ3) is 1.77. The van der Waals surface area contributed by atoms with Crippen molar-refractivity contribution in [2.24, 2.45) is 11.8 Å². The number of pyridine rings is 1. The Morgan fingerprint density at radius 2 is 2.24 bits per heavy atom. The number of hydrogen-bond donors (Lipinski definition) is 1. The van der Waals surface area contributed by atoms with E-state index in [9.17, 15) is 5.11 Å². The molecule has 4 nitrogen and oxygen atoms in total. The van der Waals surface area contributed by atoms with Crippen molar-refractivity contribution in [2.75, 3.05) is 18.0 Å². The normalized spacial score (nSPS) is 31.3. The molecule has 1 aliphatic heterocycles. The quantitative estimate of drug-likeness (QED) is 0.785. The van der Waals surface area contributed by atoms with Crippen LogP contribution in [0.4, 0.5) is 5.82 Å². The molecule has 1 aliphatic carbocycles. The highest BCUT2D eigenvalue weighted by atomic mass is 16.3. The molecule has 88 valence electrons. The van der Waals surface area contributed by atoms with Crippen molar-refractivity contribution >= 4 is 5.82 Å². The lowest BCUT2D eigenvalue weighted by Gasteiger charge is -2.19. The molecule has 3 atom stereocenters. The highest BCUT2D eigenvalue weighted by molar-refractivity contribution is 5.43. The van der Waals surface area contributed by atoms with E-state index in [1.807, 2.05) is 6.07 Å². The number of fused-ring (bicyclic) bond motifs is 1. The van der Waals surface area contributed by atoms with Gasteiger partial charge in [-0.1, -0.05) is 0 Å². The second kappa shape index (κ2) is 4.01. The summed E-state index contributed by atoms with van der Waals surface area (Å²) in [6.07, 6.45) is 3.55. The predicted octanol–water partition coefficient (Wildman–Crippen LogP) is 1.16. The average molecular weight is 229 g/mol. The van der Waals surface area contributed by atoms with Crippen LogP contribution in [0.15, 0.2) is 18.3 Å². The molecular formula is C13H15N3O. The Balaban J connectivity index is 1.76. The number of aliphatic hydroxyl groups excluding tert-OH is 1. The third-order valence-corrected chi connectivity index (χ3v) is 4.02. The standard InChI is InChI=1S/C13H15N3O/c14-5-9-1-4-13(15-6-9)16-7-10-2-3-12(17)11(10)8-16/h1,4,6,10-12,17H,2-3,7-8H2. The zero-order valence-corrected chi connectivity index (χ0v) is 9.58. The summed E-state index contributed by atoms with van der Waals surface area (Å²) in [6, 6.07) is 5.76. The van der Waals surface area contributed by atoms with Crippen LogP contribution in [0.25, 0.3) is 0 Å². The summed E-state index contributed by atoms with van der Waals surface area (Å²) in [7, 11) is 0. The number of rotatable bonds is 1. The molecule has 0 spiro atoms. The van der Waals surface area contributed by atoms with Gasteiger partial charge < -0.3 is 10.0 Å². The molecule has 0 radical (unpaired) electrons. The molecule has 4 heteroatoms. The van der Waals surface area contributed by atoms with E-state index in [-0.39, 0.29) is 6.10 Å². The minimum Gasteiger partial charge on any atom is -0.393 e. The van der Waals surface area contributed by atoms with Crippen LogP contribution in [0, 0.1) is 23.2 Å². The van der Waals surface area contributed by atoms with Crippen molar-refractivity contribution < 1.29 is 5.11 Å². The summed E-state index contributed by atoms with van der Waals surface area (Å²) in [5.74, 6) is 1.94. The Kier molecular flexibility index (Phi) is 2.49. The van der Waals surface area contributed by atoms with E-state index < -0.39 is 0 Å². The monoisotopic (exact) mass is 229 g/mol. The Bertz CT molecular complexity index is 451. The van der Waals surface area contributed by atoms with E-state index in [2.05, 4.69) is 16.0 Å². The van der Waals surface area contributed by atoms with Crippen molar-refractivity contribution in [3.05, 3.63) is 23.9 Å². The van der Waals surface area contributed by atoms with Crippen molar-refractivity contribution in [3.8, 4) is 6.07 Å². The smallest absolute Gasteiger partial charge is 0.128 e. The maximum atomic E-state index is 9.86. The molecule has 2 heterocycles. The molecule has 3 rings (SSSR count). The molecule has 3 unspecified atom stereocenters. The first-order valence-corrected chi connectivity index (χ1v) is 6.07. The zero-order chi connectivity index (χ0) is 11.8. The molecular weight excluding hydrogens is 214 g/mol. The third-order valence-electron chi connectivity index (χ3n) is 4.02. The first-order valence-electron chi connectivity index (χ1n) is 6.07. The molecule has 1 aromatic heterocycles. The van der Waals surface area contributed by atoms with Gasteiger partial charge in [-0.05, 0) is 30.9 Å². The molecule has 0 amide bonds. The highest BCUT2D eigenvalue weighted by Crippen LogP contribution is 2.39. The van der Waals surface area contributed by atoms with Crippen LogP contribution in [-0.2, 0) is 0 Å². The van der Waals surface area contributed by atoms with Crippen molar-refractivity contribution in [2.45, 2.75) is 18.9 Å². The average Bonchev–Trinajstić information content (AvgIpc) is 2.92. The first-order chi connectivity index (χ1) is 8.28. The lowest BCUT2D eigenvalue weighted by Crippen LogP contribution is -2.25. The molecule has 2 aliphatic rings. The van der Waals surface area contributed by atoms with Crippen molar-refractivity contribution in [1.29, 1.82) is 5.26 Å². The van der Waals surface area contributed by atoms with Crippen LogP contribution < -0.4 is 4.90 Å². The highest BCUT2D eigenvalue weighted by Gasteiger charge is 2.42. The summed E-state index contributed by atoms with van der Waals surface area (Å²) in [5.41, 5.74) is 0.591. The van der Waals surface area contributed by atoms with Crippen LogP contribution in [0.5, 0.6) is 0 Å². The van der Waals surface area contributed by atoms with Gasteiger partial charge >= 0.3 is 0 Å². The SMILES string of the molecule is N#Cc1ccc(N2CC3CCC(O)C3C2)nc1. The van der Waals surface area contributed by atoms with Gasteiger partial charge in [0.25, 0.3) is 0 Å². The van der Waals surface area contributed by atoms with Crippen LogP contribution in [0.1, 0.15) is 18.4 Å². The van der Waals surface area contributed by atoms with Crippen LogP contribution in [0.2, 0.25) is 0 Å². The molecule has 1 saturated carbocycles. The van der Waals surface area contributed by atoms with E-state index in [0.29, 0.717) is 17.4 Å². The summed E-state index contributed by atoms with van der Waals surface area (Å²) < 4.78 is 0. The van der Waals surface area contributed by atoms with Gasteiger partial charge in [0.2, 0.25) is 0 Å². The Morgan fingerprint density at radius 3 is 2.88 bits per heavy atom. The summed E-state index contributed by atoms with van der Waals surface area (Å²) in [4.78, 5) is 6.53. The molecule has 2 fully saturated rings. The summed E-state index contributed by atoms with van der Waals surface area (Å²) >= 11 is 0. The molecule has 1 N–H and O–H groups in total. The number of anilines is 1. The maximum Gasteiger partial charge on any atom is 0.128 e. The van der Waals surface area contributed by atoms with Crippen molar-refractivity contribution in [3.63, 3.8) is 0 Å². The first kappa shape index (κ1) is 10.5. The number of nitriles is 1. The molecule has 0 aromatic carbocycles. The minimum absolute atomic E-state index is 0.136. The Hall–Kier alpha value is -1.60. The fourth-order valence-electron chi connectivity index (χ4n) is 3.06. The Morgan fingerprint density at radius 1 is 1.35 bits per heavy atom. The number of hydrogen-bond acceptors (Lipinski definition) is 4. The molecule has 1 aromatic rings. The van der Waals surface area contributed by atoms with E-state index in [0.717, 1.165) is 31.7 Å². The summed E-state index contributed by atoms with van der Waals surface area (Å²) in [5, 5.41) is 18.6. The number of aromatic nitrogens is 1. The second-order valence-corrected chi connectivity index (χ2v) is 4.99. The van der Waals surface area contributed by atoms with Gasteiger partial charge in [0.1, 0.15) is 11.9 Å². The van der Waals surface area contributed by atoms with E-state index in [1.165, 1.54) is 0 Å². The fraction of sp³-hybridized carbons (Fsp3) is 0.538. The topological polar surface area (TPSA) is 60.2 Å². The van der Waals surface area contributed by atoms with Crippen LogP contribution in [0.3, 0.4) is 0 Å². The molecule has 1 saturated heterocycles. The van der Waals surface area contributed by atoms with E-state index in [1.54, 1.807) is 12.3 Å². The Labute approximate surface area is 101 Å². The van der Waals surface area contributed by atoms with Gasteiger partial charge in [0.15, 0.2) is 0 Å². The fourth-order valence-corrected chi connectivity index (χ4v) is 3.06. The summed E-state index contributed by atoms with van der Waals surface area (Å²) in [6.45, 7) is 1.88. The lowest BCUT2D eigenvalue weighted by atomic mass is 10.00. The minimum atomic E-state index is -0.136. The van der Waals surface area contributed by atoms with Gasteiger partial charge in [-0.25, -0.2) is 4.98 Å². The number of nitrogens with zero attached hydrogens (tertiary/aromatic N) is 3. The zero-order valence-electron chi connectivity index (χ0n) is 9.58. The molecule has 0 bridgehead atoms. The van der Waals surface area contributed by atoms with Gasteiger partial charge in [-0.2, -0.15) is 5.26 Å². The van der Waals surface area contributed by atoms with E-state index in [4.69, 9.17) is 5.26 Å². The second-order valence-electron chi connectivity index (χ2n) is 4.99. The van der Waals surface area contributed by atoms with E-state index >= 15 is 0 Å². The van der Waals surface area contributed by atoms with Gasteiger partial charge in [0, 0.05) is 25.2 Å². The van der Waals surface area contributed by atoms with Crippen LogP contribution >= 0.6 is 0 Å². The van der Waals surface area contributed by atoms with Crippen molar-refractivity contribution in [1.82, 2.24) is 4.98 Å². The largest absolute Gasteiger partial charge is 0.393 e. The van der Waals surface area contributed by atoms with Gasteiger partial charge in [0.05, 0.1) is 11.7 Å². The molecule has 17 heavy (non-hydrogen) atoms. The lowest BCUT2D eigenvalue weighted by molar-refractivity contribution is 0.133. The predicted molar refractivity (Wildman–Crippen MR) is 63.4 cm³/mol. The van der Waals surface area contributed by atoms with Crippen LogP contribution in [-0.4, -0.2) is 29.3 Å².